The molecule has 5 nitrogen and oxygen atoms in total. The van der Waals surface area contributed by atoms with Crippen molar-refractivity contribution in [1.29, 1.82) is 0 Å². The molecule has 1 aliphatic rings. The molecule has 1 aromatic heterocycles. The highest BCUT2D eigenvalue weighted by Gasteiger charge is 2.29. The molecule has 3 rings (SSSR count). The molecule has 1 fully saturated rings. The number of carbonyl (C=O) groups is 1. The molecule has 128 valence electrons. The number of carbonyl (C=O) groups excluding carboxylic acids is 1. The molecule has 24 heavy (non-hydrogen) atoms. The monoisotopic (exact) mass is 329 g/mol. The van der Waals surface area contributed by atoms with E-state index < -0.39 is 6.10 Å². The molecular weight excluding hydrogens is 306 g/mol. The van der Waals surface area contributed by atoms with Gasteiger partial charge in [-0.15, -0.1) is 0 Å². The van der Waals surface area contributed by atoms with Gasteiger partial charge >= 0.3 is 0 Å². The molecule has 2 heterocycles. The Balaban J connectivity index is 1.57. The van der Waals surface area contributed by atoms with Crippen LogP contribution >= 0.6 is 0 Å². The van der Waals surface area contributed by atoms with Crippen molar-refractivity contribution in [2.45, 2.75) is 25.6 Å². The van der Waals surface area contributed by atoms with E-state index in [0.717, 1.165) is 18.4 Å². The summed E-state index contributed by atoms with van der Waals surface area (Å²) in [6.45, 7) is 1.63. The van der Waals surface area contributed by atoms with E-state index in [0.29, 0.717) is 31.2 Å². The molecule has 2 aromatic rings. The number of ether oxygens (including phenoxy) is 1. The summed E-state index contributed by atoms with van der Waals surface area (Å²) in [6.07, 6.45) is 1.10. The first-order valence-electron chi connectivity index (χ1n) is 8.29. The number of aliphatic hydroxyl groups is 1. The molecule has 0 saturated carbocycles. The summed E-state index contributed by atoms with van der Waals surface area (Å²) in [5, 5.41) is 10.5. The van der Waals surface area contributed by atoms with E-state index >= 15 is 0 Å². The van der Waals surface area contributed by atoms with Crippen molar-refractivity contribution in [3.05, 3.63) is 59.5 Å². The Morgan fingerprint density at radius 3 is 2.62 bits per heavy atom. The first kappa shape index (κ1) is 16.7. The van der Waals surface area contributed by atoms with Crippen molar-refractivity contribution in [2.24, 2.45) is 5.92 Å². The van der Waals surface area contributed by atoms with Crippen molar-refractivity contribution in [2.75, 3.05) is 20.2 Å². The van der Waals surface area contributed by atoms with Crippen LogP contribution in [0, 0.1) is 5.92 Å². The lowest BCUT2D eigenvalue weighted by Gasteiger charge is -2.34. The number of amides is 1. The number of likely N-dealkylation sites (tertiary alicyclic amines) is 1. The van der Waals surface area contributed by atoms with Gasteiger partial charge < -0.3 is 19.2 Å². The predicted octanol–water partition coefficient (Wildman–Crippen LogP) is 3.01. The average molecular weight is 329 g/mol. The Hall–Kier alpha value is -2.11. The van der Waals surface area contributed by atoms with Crippen LogP contribution in [0.1, 0.15) is 40.8 Å². The van der Waals surface area contributed by atoms with Gasteiger partial charge in [-0.3, -0.25) is 4.79 Å². The highest BCUT2D eigenvalue weighted by atomic mass is 16.5. The van der Waals surface area contributed by atoms with E-state index in [1.165, 1.54) is 0 Å². The summed E-state index contributed by atoms with van der Waals surface area (Å²) in [6, 6.07) is 13.2. The minimum absolute atomic E-state index is 0.0926. The number of furan rings is 1. The van der Waals surface area contributed by atoms with Crippen molar-refractivity contribution < 1.29 is 19.1 Å². The SMILES string of the molecule is COCc1ccc(C(=O)N2CCC(C(O)c3ccccc3)CC2)o1. The smallest absolute Gasteiger partial charge is 0.289 e. The van der Waals surface area contributed by atoms with Gasteiger partial charge in [0.05, 0.1) is 6.10 Å². The maximum absolute atomic E-state index is 12.5. The number of benzene rings is 1. The molecule has 1 N–H and O–H groups in total. The van der Waals surface area contributed by atoms with Crippen LogP contribution in [0.15, 0.2) is 46.9 Å². The fourth-order valence-corrected chi connectivity index (χ4v) is 3.21. The quantitative estimate of drug-likeness (QED) is 0.916. The van der Waals surface area contributed by atoms with Crippen LogP contribution in [0.2, 0.25) is 0 Å². The van der Waals surface area contributed by atoms with Crippen LogP contribution in [-0.2, 0) is 11.3 Å². The Kier molecular flexibility index (Phi) is 5.33. The zero-order chi connectivity index (χ0) is 16.9. The number of hydrogen-bond acceptors (Lipinski definition) is 4. The third kappa shape index (κ3) is 3.68. The molecule has 1 saturated heterocycles. The van der Waals surface area contributed by atoms with Gasteiger partial charge in [-0.2, -0.15) is 0 Å². The maximum Gasteiger partial charge on any atom is 0.289 e. The van der Waals surface area contributed by atoms with Crippen LogP contribution in [-0.4, -0.2) is 36.1 Å². The Labute approximate surface area is 141 Å². The van der Waals surface area contributed by atoms with Crippen LogP contribution in [0.4, 0.5) is 0 Å². The third-order valence-corrected chi connectivity index (χ3v) is 4.57. The lowest BCUT2D eigenvalue weighted by atomic mass is 9.87. The van der Waals surface area contributed by atoms with Gasteiger partial charge in [0.25, 0.3) is 5.91 Å². The molecule has 1 atom stereocenters. The van der Waals surface area contributed by atoms with E-state index in [9.17, 15) is 9.90 Å². The Morgan fingerprint density at radius 2 is 1.96 bits per heavy atom. The Bertz CT molecular complexity index is 659. The molecule has 0 aliphatic carbocycles. The second kappa shape index (κ2) is 7.64. The van der Waals surface area contributed by atoms with Gasteiger partial charge in [-0.25, -0.2) is 0 Å². The second-order valence-corrected chi connectivity index (χ2v) is 6.18. The highest BCUT2D eigenvalue weighted by molar-refractivity contribution is 5.91. The van der Waals surface area contributed by atoms with E-state index in [-0.39, 0.29) is 11.8 Å². The first-order chi connectivity index (χ1) is 11.7. The molecule has 0 spiro atoms. The standard InChI is InChI=1S/C19H23NO4/c1-23-13-16-7-8-17(24-16)19(22)20-11-9-15(10-12-20)18(21)14-5-3-2-4-6-14/h2-8,15,18,21H,9-13H2,1H3. The number of piperidine rings is 1. The summed E-state index contributed by atoms with van der Waals surface area (Å²) in [5.74, 6) is 1.08. The lowest BCUT2D eigenvalue weighted by Crippen LogP contribution is -2.39. The van der Waals surface area contributed by atoms with Crippen molar-refractivity contribution in [3.8, 4) is 0 Å². The van der Waals surface area contributed by atoms with Crippen molar-refractivity contribution >= 4 is 5.91 Å². The molecule has 1 aromatic carbocycles. The van der Waals surface area contributed by atoms with Gasteiger partial charge in [0.2, 0.25) is 0 Å². The van der Waals surface area contributed by atoms with E-state index in [1.54, 1.807) is 24.1 Å². The maximum atomic E-state index is 12.5. The third-order valence-electron chi connectivity index (χ3n) is 4.57. The van der Waals surface area contributed by atoms with Gasteiger partial charge in [-0.1, -0.05) is 30.3 Å². The van der Waals surface area contributed by atoms with Crippen LogP contribution in [0.5, 0.6) is 0 Å². The summed E-state index contributed by atoms with van der Waals surface area (Å²) in [7, 11) is 1.59. The van der Waals surface area contributed by atoms with E-state index in [4.69, 9.17) is 9.15 Å². The predicted molar refractivity (Wildman–Crippen MR) is 89.5 cm³/mol. The molecule has 1 amide bonds. The molecule has 0 bridgehead atoms. The molecule has 5 heteroatoms. The van der Waals surface area contributed by atoms with Gasteiger partial charge in [0.15, 0.2) is 5.76 Å². The molecule has 0 radical (unpaired) electrons. The van der Waals surface area contributed by atoms with Gasteiger partial charge in [-0.05, 0) is 36.5 Å². The lowest BCUT2D eigenvalue weighted by molar-refractivity contribution is 0.0439. The van der Waals surface area contributed by atoms with Crippen LogP contribution < -0.4 is 0 Å². The van der Waals surface area contributed by atoms with Crippen molar-refractivity contribution in [1.82, 2.24) is 4.90 Å². The fraction of sp³-hybridized carbons (Fsp3) is 0.421. The number of aliphatic hydroxyl groups excluding tert-OH is 1. The topological polar surface area (TPSA) is 62.9 Å². The Morgan fingerprint density at radius 1 is 1.25 bits per heavy atom. The second-order valence-electron chi connectivity index (χ2n) is 6.18. The van der Waals surface area contributed by atoms with E-state index in [1.807, 2.05) is 30.3 Å². The zero-order valence-electron chi connectivity index (χ0n) is 13.9. The molecule has 1 unspecified atom stereocenters. The average Bonchev–Trinajstić information content (AvgIpc) is 3.10. The highest BCUT2D eigenvalue weighted by Crippen LogP contribution is 2.31. The van der Waals surface area contributed by atoms with Crippen LogP contribution in [0.3, 0.4) is 0 Å². The minimum atomic E-state index is -0.472. The summed E-state index contributed by atoms with van der Waals surface area (Å²) < 4.78 is 10.5. The van der Waals surface area contributed by atoms with Gasteiger partial charge in [0.1, 0.15) is 12.4 Å². The summed E-state index contributed by atoms with van der Waals surface area (Å²) in [5.41, 5.74) is 0.942. The summed E-state index contributed by atoms with van der Waals surface area (Å²) in [4.78, 5) is 14.3. The minimum Gasteiger partial charge on any atom is -0.453 e. The van der Waals surface area contributed by atoms with Gasteiger partial charge in [0, 0.05) is 20.2 Å². The number of methoxy groups -OCH3 is 1. The van der Waals surface area contributed by atoms with Crippen molar-refractivity contribution in [3.63, 3.8) is 0 Å². The normalized spacial score (nSPS) is 17.0. The number of hydrogen-bond donors (Lipinski definition) is 1. The number of rotatable bonds is 5. The zero-order valence-corrected chi connectivity index (χ0v) is 13.9. The van der Waals surface area contributed by atoms with E-state index in [2.05, 4.69) is 0 Å². The fourth-order valence-electron chi connectivity index (χ4n) is 3.21. The molecular formula is C19H23NO4. The number of nitrogens with zero attached hydrogens (tertiary/aromatic N) is 1. The molecule has 1 aliphatic heterocycles. The summed E-state index contributed by atoms with van der Waals surface area (Å²) >= 11 is 0. The van der Waals surface area contributed by atoms with Crippen LogP contribution in [0.25, 0.3) is 0 Å². The largest absolute Gasteiger partial charge is 0.453 e. The first-order valence-corrected chi connectivity index (χ1v) is 8.29.